The molecule has 2 unspecified atom stereocenters. The summed E-state index contributed by atoms with van der Waals surface area (Å²) in [4.78, 5) is 34.7. The van der Waals surface area contributed by atoms with E-state index in [1.54, 1.807) is 6.92 Å². The van der Waals surface area contributed by atoms with Crippen LogP contribution in [0.4, 0.5) is 0 Å². The average molecular weight is 741 g/mol. The number of carbonyl (C=O) groups excluding carboxylic acids is 2. The van der Waals surface area contributed by atoms with E-state index in [1.807, 2.05) is 0 Å². The first-order valence-electron chi connectivity index (χ1n) is 20.8. The molecule has 51 heavy (non-hydrogen) atoms. The zero-order valence-corrected chi connectivity index (χ0v) is 33.9. The van der Waals surface area contributed by atoms with Gasteiger partial charge in [-0.05, 0) is 51.9 Å². The minimum absolute atomic E-state index is 0.00109. The monoisotopic (exact) mass is 741 g/mol. The molecular weight excluding hydrogens is 663 g/mol. The van der Waals surface area contributed by atoms with Crippen molar-refractivity contribution in [3.8, 4) is 0 Å². The van der Waals surface area contributed by atoms with E-state index in [4.69, 9.17) is 18.5 Å². The molecule has 0 fully saturated rings. The Hall–Kier alpha value is -1.73. The van der Waals surface area contributed by atoms with Gasteiger partial charge in [0.2, 0.25) is 0 Å². The lowest BCUT2D eigenvalue weighted by molar-refractivity contribution is -0.161. The third-order valence-corrected chi connectivity index (χ3v) is 9.77. The molecule has 0 rings (SSSR count). The molecule has 9 heteroatoms. The molecule has 0 aromatic carbocycles. The molecule has 0 radical (unpaired) electrons. The van der Waals surface area contributed by atoms with Crippen molar-refractivity contribution in [3.05, 3.63) is 36.5 Å². The van der Waals surface area contributed by atoms with Gasteiger partial charge in [0.1, 0.15) is 6.61 Å². The standard InChI is InChI=1S/C42H77O8P/c1-4-7-9-11-13-15-17-19-21-22-23-25-27-29-31-33-35-37-42(44)50-40(39-49-51(45,46)48-6-3)38-47-41(43)36-34-32-30-28-26-24-20-18-16-14-12-10-8-5-2/h7,9,13,15,19,21,40H,4-6,8,10-12,14,16-18,20,22-39H2,1-3H3,(H,45,46)/b9-7-,15-13-,21-19-. The van der Waals surface area contributed by atoms with E-state index in [2.05, 4.69) is 50.3 Å². The number of allylic oxidation sites excluding steroid dienone is 6. The van der Waals surface area contributed by atoms with Gasteiger partial charge in [0.15, 0.2) is 6.10 Å². The summed E-state index contributed by atoms with van der Waals surface area (Å²) in [5.74, 6) is -0.805. The molecule has 0 aliphatic carbocycles. The van der Waals surface area contributed by atoms with Gasteiger partial charge in [0.05, 0.1) is 13.2 Å². The fourth-order valence-corrected chi connectivity index (χ4v) is 6.46. The van der Waals surface area contributed by atoms with Crippen LogP contribution in [-0.4, -0.2) is 42.8 Å². The van der Waals surface area contributed by atoms with E-state index >= 15 is 0 Å². The Morgan fingerprint density at radius 2 is 1.00 bits per heavy atom. The summed E-state index contributed by atoms with van der Waals surface area (Å²) < 4.78 is 32.6. The highest BCUT2D eigenvalue weighted by Gasteiger charge is 2.25. The minimum Gasteiger partial charge on any atom is -0.462 e. The van der Waals surface area contributed by atoms with Crippen molar-refractivity contribution in [1.82, 2.24) is 0 Å². The number of hydrogen-bond acceptors (Lipinski definition) is 7. The molecule has 0 aliphatic rings. The van der Waals surface area contributed by atoms with Gasteiger partial charge >= 0.3 is 19.8 Å². The molecule has 0 bridgehead atoms. The Balaban J connectivity index is 4.11. The van der Waals surface area contributed by atoms with Gasteiger partial charge in [-0.1, -0.05) is 166 Å². The van der Waals surface area contributed by atoms with Gasteiger partial charge in [-0.15, -0.1) is 0 Å². The second kappa shape index (κ2) is 38.0. The molecule has 0 amide bonds. The second-order valence-corrected chi connectivity index (χ2v) is 15.1. The van der Waals surface area contributed by atoms with Crippen LogP contribution in [0.15, 0.2) is 36.5 Å². The lowest BCUT2D eigenvalue weighted by Gasteiger charge is -2.19. The summed E-state index contributed by atoms with van der Waals surface area (Å²) in [6.45, 7) is 5.36. The largest absolute Gasteiger partial charge is 0.472 e. The molecular formula is C42H77O8P. The molecule has 0 saturated carbocycles. The lowest BCUT2D eigenvalue weighted by atomic mass is 10.0. The minimum atomic E-state index is -4.28. The van der Waals surface area contributed by atoms with Crippen molar-refractivity contribution >= 4 is 19.8 Å². The summed E-state index contributed by atoms with van der Waals surface area (Å²) in [6.07, 6.45) is 41.9. The summed E-state index contributed by atoms with van der Waals surface area (Å²) in [5, 5.41) is 0. The second-order valence-electron chi connectivity index (χ2n) is 13.6. The van der Waals surface area contributed by atoms with Gasteiger partial charge in [-0.2, -0.15) is 0 Å². The Kier molecular flexibility index (Phi) is 36.7. The van der Waals surface area contributed by atoms with E-state index in [0.29, 0.717) is 12.8 Å². The maximum Gasteiger partial charge on any atom is 0.472 e. The quantitative estimate of drug-likeness (QED) is 0.0288. The molecule has 298 valence electrons. The molecule has 2 atom stereocenters. The predicted molar refractivity (Wildman–Crippen MR) is 212 cm³/mol. The van der Waals surface area contributed by atoms with E-state index in [9.17, 15) is 19.0 Å². The fourth-order valence-electron chi connectivity index (χ4n) is 5.70. The van der Waals surface area contributed by atoms with Crippen molar-refractivity contribution in [2.24, 2.45) is 0 Å². The highest BCUT2D eigenvalue weighted by Crippen LogP contribution is 2.43. The lowest BCUT2D eigenvalue weighted by Crippen LogP contribution is -2.29. The molecule has 0 aromatic rings. The van der Waals surface area contributed by atoms with Crippen LogP contribution in [0.25, 0.3) is 0 Å². The van der Waals surface area contributed by atoms with Gasteiger partial charge < -0.3 is 14.4 Å². The third-order valence-electron chi connectivity index (χ3n) is 8.71. The highest BCUT2D eigenvalue weighted by molar-refractivity contribution is 7.47. The molecule has 0 heterocycles. The molecule has 8 nitrogen and oxygen atoms in total. The van der Waals surface area contributed by atoms with Gasteiger partial charge in [-0.25, -0.2) is 4.57 Å². The Morgan fingerprint density at radius 3 is 1.51 bits per heavy atom. The maximum absolute atomic E-state index is 12.5. The molecule has 0 aromatic heterocycles. The topological polar surface area (TPSA) is 108 Å². The van der Waals surface area contributed by atoms with E-state index in [-0.39, 0.29) is 25.6 Å². The number of carbonyl (C=O) groups is 2. The molecule has 0 spiro atoms. The third kappa shape index (κ3) is 37.8. The van der Waals surface area contributed by atoms with E-state index < -0.39 is 26.5 Å². The first-order chi connectivity index (χ1) is 24.8. The zero-order valence-electron chi connectivity index (χ0n) is 33.0. The van der Waals surface area contributed by atoms with Crippen LogP contribution in [0.5, 0.6) is 0 Å². The number of phosphoric acid groups is 1. The van der Waals surface area contributed by atoms with Crippen LogP contribution in [0.2, 0.25) is 0 Å². The van der Waals surface area contributed by atoms with Crippen LogP contribution in [-0.2, 0) is 32.7 Å². The Labute approximate surface area is 313 Å². The van der Waals surface area contributed by atoms with Crippen LogP contribution in [0.3, 0.4) is 0 Å². The smallest absolute Gasteiger partial charge is 0.462 e. The Morgan fingerprint density at radius 1 is 0.549 bits per heavy atom. The van der Waals surface area contributed by atoms with Gasteiger partial charge in [-0.3, -0.25) is 18.6 Å². The predicted octanol–water partition coefficient (Wildman–Crippen LogP) is 12.8. The zero-order chi connectivity index (χ0) is 37.5. The average Bonchev–Trinajstić information content (AvgIpc) is 3.10. The summed E-state index contributed by atoms with van der Waals surface area (Å²) in [5.41, 5.74) is 0. The molecule has 1 N–H and O–H groups in total. The van der Waals surface area contributed by atoms with Crippen molar-refractivity contribution in [3.63, 3.8) is 0 Å². The summed E-state index contributed by atoms with van der Waals surface area (Å²) in [7, 11) is -4.28. The first-order valence-corrected chi connectivity index (χ1v) is 22.3. The SMILES string of the molecule is CC/C=C\C/C=C\C/C=C\CCCCCCCCCC(=O)OC(COC(=O)CCCCCCCCCCCCCCCC)COP(=O)(O)OCC. The number of rotatable bonds is 38. The van der Waals surface area contributed by atoms with Gasteiger partial charge in [0, 0.05) is 12.8 Å². The van der Waals surface area contributed by atoms with E-state index in [0.717, 1.165) is 64.2 Å². The number of esters is 2. The normalized spacial score (nSPS) is 13.7. The summed E-state index contributed by atoms with van der Waals surface area (Å²) in [6, 6.07) is 0. The highest BCUT2D eigenvalue weighted by atomic mass is 31.2. The Bertz CT molecular complexity index is 932. The van der Waals surface area contributed by atoms with Crippen molar-refractivity contribution in [2.75, 3.05) is 19.8 Å². The van der Waals surface area contributed by atoms with Crippen molar-refractivity contribution in [2.45, 2.75) is 200 Å². The van der Waals surface area contributed by atoms with Crippen LogP contribution < -0.4 is 0 Å². The van der Waals surface area contributed by atoms with E-state index in [1.165, 1.54) is 89.9 Å². The van der Waals surface area contributed by atoms with Crippen LogP contribution in [0, 0.1) is 0 Å². The number of hydrogen-bond donors (Lipinski definition) is 1. The van der Waals surface area contributed by atoms with Crippen LogP contribution >= 0.6 is 7.82 Å². The van der Waals surface area contributed by atoms with Crippen molar-refractivity contribution in [1.29, 1.82) is 0 Å². The number of ether oxygens (including phenoxy) is 2. The maximum atomic E-state index is 12.5. The molecule has 0 aliphatic heterocycles. The summed E-state index contributed by atoms with van der Waals surface area (Å²) >= 11 is 0. The number of unbranched alkanes of at least 4 members (excludes halogenated alkanes) is 20. The van der Waals surface area contributed by atoms with Crippen molar-refractivity contribution < 1.29 is 37.6 Å². The van der Waals surface area contributed by atoms with Crippen LogP contribution in [0.1, 0.15) is 194 Å². The fraction of sp³-hybridized carbons (Fsp3) is 0.810. The van der Waals surface area contributed by atoms with Gasteiger partial charge in [0.25, 0.3) is 0 Å². The molecule has 0 saturated heterocycles. The first kappa shape index (κ1) is 49.3. The number of phosphoric ester groups is 1.